The van der Waals surface area contributed by atoms with Crippen LogP contribution >= 0.6 is 31.9 Å². The van der Waals surface area contributed by atoms with Crippen molar-refractivity contribution >= 4 is 31.9 Å². The van der Waals surface area contributed by atoms with Crippen LogP contribution in [0.4, 0.5) is 0 Å². The van der Waals surface area contributed by atoms with E-state index in [1.54, 1.807) is 0 Å². The second-order valence-electron chi connectivity index (χ2n) is 8.61. The fourth-order valence-corrected chi connectivity index (χ4v) is 4.32. The molecule has 4 aromatic carbocycles. The molecular weight excluding hydrogens is 656 g/mol. The Morgan fingerprint density at radius 1 is 0.512 bits per heavy atom. The lowest BCUT2D eigenvalue weighted by atomic mass is 10.3. The third-order valence-corrected chi connectivity index (χ3v) is 6.43. The second kappa shape index (κ2) is 17.0. The highest BCUT2D eigenvalue weighted by Crippen LogP contribution is 2.28. The number of hydrogen-bond donors (Lipinski definition) is 0. The van der Waals surface area contributed by atoms with Crippen molar-refractivity contribution in [3.8, 4) is 34.5 Å². The van der Waals surface area contributed by atoms with Gasteiger partial charge in [-0.3, -0.25) is 0 Å². The lowest BCUT2D eigenvalue weighted by Crippen LogP contribution is -2.30. The van der Waals surface area contributed by atoms with Gasteiger partial charge < -0.3 is 33.2 Å². The van der Waals surface area contributed by atoms with Gasteiger partial charge in [-0.1, -0.05) is 44.0 Å². The van der Waals surface area contributed by atoms with Crippen molar-refractivity contribution in [2.75, 3.05) is 39.6 Å². The summed E-state index contributed by atoms with van der Waals surface area (Å²) in [6, 6.07) is 30.0. The van der Waals surface area contributed by atoms with E-state index in [0.717, 1.165) is 20.4 Å². The molecule has 0 heterocycles. The fraction of sp³-hybridized carbons (Fsp3) is 0.250. The number of ether oxygens (including phenoxy) is 7. The Kier molecular flexibility index (Phi) is 12.8. The molecule has 4 rings (SSSR count). The summed E-state index contributed by atoms with van der Waals surface area (Å²) in [5, 5.41) is 0. The van der Waals surface area contributed by atoms with Crippen molar-refractivity contribution in [1.82, 2.24) is 0 Å². The normalized spacial score (nSPS) is 10.9. The average molecular weight is 688 g/mol. The summed E-state index contributed by atoms with van der Waals surface area (Å²) in [6.07, 6.45) is -0.702. The molecule has 0 unspecified atom stereocenters. The first-order valence-corrected chi connectivity index (χ1v) is 14.8. The van der Waals surface area contributed by atoms with Gasteiger partial charge in [0.1, 0.15) is 41.1 Å². The van der Waals surface area contributed by atoms with Gasteiger partial charge in [0.25, 0.3) is 6.29 Å². The smallest absolute Gasteiger partial charge is 0.264 e. The fourth-order valence-electron chi connectivity index (χ4n) is 3.56. The predicted molar refractivity (Wildman–Crippen MR) is 164 cm³/mol. The molecule has 0 fully saturated rings. The van der Waals surface area contributed by atoms with Crippen LogP contribution in [0.5, 0.6) is 34.5 Å². The van der Waals surface area contributed by atoms with E-state index in [1.807, 2.05) is 104 Å². The Morgan fingerprint density at radius 2 is 0.951 bits per heavy atom. The first-order chi connectivity index (χ1) is 20.1. The van der Waals surface area contributed by atoms with Gasteiger partial charge in [-0.05, 0) is 91.9 Å². The standard InChI is InChI=1S/C32H32Br2O7/c1-2-35-17-18-36-19-20-37-23-32(40-28-13-9-26(10-14-28)38-30-7-3-5-24(33)21-30)41-29-15-11-27(12-16-29)39-31-8-4-6-25(34)22-31/h3-16,21-22,32H,2,17-20,23H2,1H3. The van der Waals surface area contributed by atoms with Crippen LogP contribution in [0.1, 0.15) is 6.92 Å². The maximum absolute atomic E-state index is 6.13. The minimum atomic E-state index is -0.702. The van der Waals surface area contributed by atoms with Crippen molar-refractivity contribution in [2.45, 2.75) is 13.2 Å². The van der Waals surface area contributed by atoms with Crippen LogP contribution in [-0.4, -0.2) is 45.9 Å². The summed E-state index contributed by atoms with van der Waals surface area (Å²) >= 11 is 6.92. The molecule has 0 N–H and O–H groups in total. The van der Waals surface area contributed by atoms with Crippen molar-refractivity contribution in [3.05, 3.63) is 106 Å². The number of benzene rings is 4. The molecule has 0 radical (unpaired) electrons. The Hall–Kier alpha value is -3.08. The molecule has 0 atom stereocenters. The van der Waals surface area contributed by atoms with Gasteiger partial charge in [0.15, 0.2) is 0 Å². The molecule has 0 spiro atoms. The molecule has 216 valence electrons. The average Bonchev–Trinajstić information content (AvgIpc) is 2.96. The van der Waals surface area contributed by atoms with Crippen LogP contribution in [0, 0.1) is 0 Å². The largest absolute Gasteiger partial charge is 0.457 e. The molecular formula is C32H32Br2O7. The van der Waals surface area contributed by atoms with Gasteiger partial charge in [-0.25, -0.2) is 0 Å². The van der Waals surface area contributed by atoms with Crippen LogP contribution in [-0.2, 0) is 14.2 Å². The topological polar surface area (TPSA) is 64.6 Å². The summed E-state index contributed by atoms with van der Waals surface area (Å²) in [6.45, 7) is 4.75. The van der Waals surface area contributed by atoms with E-state index >= 15 is 0 Å². The van der Waals surface area contributed by atoms with Gasteiger partial charge in [-0.2, -0.15) is 0 Å². The van der Waals surface area contributed by atoms with Crippen LogP contribution in [0.25, 0.3) is 0 Å². The third kappa shape index (κ3) is 11.4. The predicted octanol–water partition coefficient (Wildman–Crippen LogP) is 8.65. The molecule has 0 aliphatic rings. The highest BCUT2D eigenvalue weighted by Gasteiger charge is 2.14. The SMILES string of the molecule is CCOCCOCCOCC(Oc1ccc(Oc2cccc(Br)c2)cc1)Oc1ccc(Oc2cccc(Br)c2)cc1. The number of hydrogen-bond acceptors (Lipinski definition) is 7. The molecule has 0 bridgehead atoms. The van der Waals surface area contributed by atoms with Gasteiger partial charge >= 0.3 is 0 Å². The quantitative estimate of drug-likeness (QED) is 0.0813. The van der Waals surface area contributed by atoms with Crippen LogP contribution < -0.4 is 18.9 Å². The highest BCUT2D eigenvalue weighted by molar-refractivity contribution is 9.10. The summed E-state index contributed by atoms with van der Waals surface area (Å²) in [7, 11) is 0. The molecule has 7 nitrogen and oxygen atoms in total. The zero-order valence-corrected chi connectivity index (χ0v) is 25.8. The van der Waals surface area contributed by atoms with Gasteiger partial charge in [-0.15, -0.1) is 0 Å². The zero-order valence-electron chi connectivity index (χ0n) is 22.7. The molecule has 0 saturated carbocycles. The van der Waals surface area contributed by atoms with Crippen molar-refractivity contribution < 1.29 is 33.2 Å². The second-order valence-corrected chi connectivity index (χ2v) is 10.4. The van der Waals surface area contributed by atoms with Crippen LogP contribution in [0.15, 0.2) is 106 Å². The first-order valence-electron chi connectivity index (χ1n) is 13.2. The Labute approximate surface area is 257 Å². The van der Waals surface area contributed by atoms with E-state index in [9.17, 15) is 0 Å². The van der Waals surface area contributed by atoms with Gasteiger partial charge in [0.2, 0.25) is 0 Å². The monoisotopic (exact) mass is 686 g/mol. The molecule has 0 aliphatic heterocycles. The number of rotatable bonds is 17. The molecule has 0 aliphatic carbocycles. The molecule has 4 aromatic rings. The zero-order chi connectivity index (χ0) is 28.7. The van der Waals surface area contributed by atoms with Crippen molar-refractivity contribution in [3.63, 3.8) is 0 Å². The lowest BCUT2D eigenvalue weighted by molar-refractivity contribution is -0.0708. The van der Waals surface area contributed by atoms with Crippen molar-refractivity contribution in [2.24, 2.45) is 0 Å². The lowest BCUT2D eigenvalue weighted by Gasteiger charge is -2.21. The van der Waals surface area contributed by atoms with E-state index in [1.165, 1.54) is 0 Å². The Bertz CT molecular complexity index is 1220. The van der Waals surface area contributed by atoms with Crippen LogP contribution in [0.3, 0.4) is 0 Å². The van der Waals surface area contributed by atoms with E-state index in [-0.39, 0.29) is 6.61 Å². The van der Waals surface area contributed by atoms with E-state index in [4.69, 9.17) is 33.2 Å². The highest BCUT2D eigenvalue weighted by atomic mass is 79.9. The van der Waals surface area contributed by atoms with Crippen LogP contribution in [0.2, 0.25) is 0 Å². The summed E-state index contributed by atoms with van der Waals surface area (Å²) in [5.74, 6) is 4.08. The summed E-state index contributed by atoms with van der Waals surface area (Å²) in [5.41, 5.74) is 0. The summed E-state index contributed by atoms with van der Waals surface area (Å²) in [4.78, 5) is 0. The maximum Gasteiger partial charge on any atom is 0.264 e. The maximum atomic E-state index is 6.13. The van der Waals surface area contributed by atoms with Gasteiger partial charge in [0.05, 0.1) is 26.4 Å². The molecule has 0 saturated heterocycles. The molecule has 41 heavy (non-hydrogen) atoms. The molecule has 9 heteroatoms. The minimum absolute atomic E-state index is 0.196. The third-order valence-electron chi connectivity index (χ3n) is 5.45. The summed E-state index contributed by atoms with van der Waals surface area (Å²) < 4.78 is 42.6. The van der Waals surface area contributed by atoms with Gasteiger partial charge in [0, 0.05) is 15.6 Å². The van der Waals surface area contributed by atoms with E-state index in [0.29, 0.717) is 56.0 Å². The minimum Gasteiger partial charge on any atom is -0.457 e. The molecule has 0 aromatic heterocycles. The first kappa shape index (κ1) is 30.9. The van der Waals surface area contributed by atoms with Crippen molar-refractivity contribution in [1.29, 1.82) is 0 Å². The van der Waals surface area contributed by atoms with E-state index in [2.05, 4.69) is 31.9 Å². The Morgan fingerprint density at radius 3 is 1.41 bits per heavy atom. The molecule has 0 amide bonds. The van der Waals surface area contributed by atoms with E-state index < -0.39 is 6.29 Å². The Balaban J connectivity index is 1.34. The number of halogens is 2.